The van der Waals surface area contributed by atoms with Crippen LogP contribution in [0, 0.1) is 0 Å². The summed E-state index contributed by atoms with van der Waals surface area (Å²) >= 11 is 0. The Morgan fingerprint density at radius 2 is 1.20 bits per heavy atom. The van der Waals surface area contributed by atoms with Crippen molar-refractivity contribution in [2.24, 2.45) is 0 Å². The Bertz CT molecular complexity index is 1190. The first-order chi connectivity index (χ1) is 18.6. The second kappa shape index (κ2) is 17.8. The van der Waals surface area contributed by atoms with E-state index in [1.807, 2.05) is 74.5 Å². The summed E-state index contributed by atoms with van der Waals surface area (Å²) in [5.41, 5.74) is 2.65. The molecule has 0 bridgehead atoms. The van der Waals surface area contributed by atoms with Crippen molar-refractivity contribution in [1.82, 2.24) is 0 Å². The molecular formula is C35H50O6. The number of ether oxygens (including phenoxy) is 3. The zero-order valence-electron chi connectivity index (χ0n) is 24.0. The van der Waals surface area contributed by atoms with Gasteiger partial charge in [0.15, 0.2) is 0 Å². The molecule has 0 radical (unpaired) electrons. The van der Waals surface area contributed by atoms with Crippen molar-refractivity contribution in [3.05, 3.63) is 95.6 Å². The number of carbonyl (C=O) groups is 2. The number of esters is 2. The van der Waals surface area contributed by atoms with Gasteiger partial charge in [0.2, 0.25) is 0 Å². The predicted octanol–water partition coefficient (Wildman–Crippen LogP) is 8.39. The van der Waals surface area contributed by atoms with Crippen molar-refractivity contribution in [2.45, 2.75) is 85.7 Å². The molecule has 0 aliphatic carbocycles. The van der Waals surface area contributed by atoms with E-state index in [2.05, 4.69) is 13.8 Å². The maximum Gasteiger partial charge on any atom is 0.306 e. The first-order valence-electron chi connectivity index (χ1n) is 13.3. The molecule has 3 aromatic rings. The summed E-state index contributed by atoms with van der Waals surface area (Å²) in [5, 5.41) is 9.45. The van der Waals surface area contributed by atoms with Gasteiger partial charge in [-0.3, -0.25) is 9.59 Å². The van der Waals surface area contributed by atoms with Gasteiger partial charge in [0.1, 0.15) is 18.1 Å². The van der Waals surface area contributed by atoms with Crippen LogP contribution in [-0.4, -0.2) is 31.3 Å². The fourth-order valence-electron chi connectivity index (χ4n) is 4.23. The van der Waals surface area contributed by atoms with Gasteiger partial charge in [-0.05, 0) is 53.8 Å². The Balaban J connectivity index is 0.000000789. The van der Waals surface area contributed by atoms with Gasteiger partial charge >= 0.3 is 11.9 Å². The summed E-state index contributed by atoms with van der Waals surface area (Å²) in [6.45, 7) is 8.72. The number of hydrogen-bond acceptors (Lipinski definition) is 6. The second-order valence-corrected chi connectivity index (χ2v) is 10.2. The van der Waals surface area contributed by atoms with E-state index < -0.39 is 0 Å². The van der Waals surface area contributed by atoms with Gasteiger partial charge in [0, 0.05) is 10.8 Å². The minimum absolute atomic E-state index is 0. The van der Waals surface area contributed by atoms with Crippen LogP contribution in [0.4, 0.5) is 0 Å². The minimum Gasteiger partial charge on any atom is -0.508 e. The molecule has 2 unspecified atom stereocenters. The first kappa shape index (κ1) is 37.2. The number of methoxy groups -OCH3 is 2. The summed E-state index contributed by atoms with van der Waals surface area (Å²) in [6.07, 6.45) is 2.35. The normalized spacial score (nSPS) is 12.9. The highest BCUT2D eigenvalue weighted by Gasteiger charge is 2.29. The van der Waals surface area contributed by atoms with Gasteiger partial charge < -0.3 is 19.3 Å². The zero-order valence-corrected chi connectivity index (χ0v) is 24.0. The van der Waals surface area contributed by atoms with Gasteiger partial charge in [-0.2, -0.15) is 0 Å². The molecule has 3 aromatic carbocycles. The van der Waals surface area contributed by atoms with Crippen molar-refractivity contribution in [2.75, 3.05) is 14.2 Å². The number of rotatable bonds is 11. The van der Waals surface area contributed by atoms with Crippen molar-refractivity contribution < 1.29 is 28.9 Å². The molecule has 0 fully saturated rings. The fourth-order valence-corrected chi connectivity index (χ4v) is 4.23. The summed E-state index contributed by atoms with van der Waals surface area (Å²) in [5.74, 6) is 0.621. The molecule has 6 heteroatoms. The highest BCUT2D eigenvalue weighted by molar-refractivity contribution is 5.71. The molecule has 0 amide bonds. The molecule has 0 heterocycles. The van der Waals surface area contributed by atoms with Gasteiger partial charge in [-0.15, -0.1) is 0 Å². The minimum atomic E-state index is -0.286. The van der Waals surface area contributed by atoms with E-state index in [9.17, 15) is 14.7 Å². The number of benzene rings is 3. The van der Waals surface area contributed by atoms with Gasteiger partial charge in [0.05, 0.1) is 27.1 Å². The van der Waals surface area contributed by atoms with Crippen LogP contribution in [-0.2, 0) is 36.5 Å². The number of hydrogen-bond donors (Lipinski definition) is 1. The highest BCUT2D eigenvalue weighted by atomic mass is 16.5. The third-order valence-corrected chi connectivity index (χ3v) is 7.41. The molecule has 2 atom stereocenters. The lowest BCUT2D eigenvalue weighted by Gasteiger charge is -2.28. The predicted molar refractivity (Wildman–Crippen MR) is 167 cm³/mol. The Labute approximate surface area is 247 Å². The smallest absolute Gasteiger partial charge is 0.306 e. The molecule has 6 nitrogen and oxygen atoms in total. The topological polar surface area (TPSA) is 82.1 Å². The molecule has 0 aliphatic rings. The van der Waals surface area contributed by atoms with Gasteiger partial charge in [0.25, 0.3) is 0 Å². The van der Waals surface area contributed by atoms with Crippen LogP contribution >= 0.6 is 0 Å². The Kier molecular flexibility index (Phi) is 16.1. The Morgan fingerprint density at radius 1 is 0.707 bits per heavy atom. The van der Waals surface area contributed by atoms with E-state index in [1.54, 1.807) is 18.2 Å². The van der Waals surface area contributed by atoms with E-state index in [4.69, 9.17) is 14.2 Å². The number of aromatic hydroxyl groups is 1. The Morgan fingerprint density at radius 3 is 1.66 bits per heavy atom. The van der Waals surface area contributed by atoms with Crippen LogP contribution in [0.1, 0.15) is 84.9 Å². The molecule has 0 saturated carbocycles. The van der Waals surface area contributed by atoms with Gasteiger partial charge in [-0.1, -0.05) is 97.1 Å². The maximum atomic E-state index is 11.7. The Hall–Kier alpha value is -3.80. The average molecular weight is 567 g/mol. The first-order valence-corrected chi connectivity index (χ1v) is 13.3. The molecular weight excluding hydrogens is 516 g/mol. The quantitative estimate of drug-likeness (QED) is 0.235. The molecule has 0 aromatic heterocycles. The van der Waals surface area contributed by atoms with Crippen LogP contribution in [0.5, 0.6) is 11.5 Å². The van der Waals surface area contributed by atoms with Crippen LogP contribution in [0.15, 0.2) is 78.9 Å². The van der Waals surface area contributed by atoms with Crippen molar-refractivity contribution in [3.8, 4) is 11.5 Å². The summed E-state index contributed by atoms with van der Waals surface area (Å²) in [6, 6.07) is 25.1. The molecule has 226 valence electrons. The maximum absolute atomic E-state index is 11.7. The molecule has 41 heavy (non-hydrogen) atoms. The molecule has 0 saturated heterocycles. The molecule has 1 N–H and O–H groups in total. The van der Waals surface area contributed by atoms with Crippen molar-refractivity contribution >= 4 is 11.9 Å². The van der Waals surface area contributed by atoms with Crippen LogP contribution in [0.2, 0.25) is 0 Å². The second-order valence-electron chi connectivity index (χ2n) is 10.2. The standard InChI is InChI=1S/C20H24O3.C13H18O3.2CH4/c1-4-20(2,14-19(21)22-3)17-11-8-12-18(13-17)23-15-16-9-6-5-7-10-16;1-4-13(2,9-12(15)16-3)10-6-5-7-11(14)8-10;;/h5-13H,4,14-15H2,1-3H3;5-8,14H,4,9H2,1-3H3;2*1H4. The lowest BCUT2D eigenvalue weighted by atomic mass is 9.77. The molecule has 0 spiro atoms. The van der Waals surface area contributed by atoms with Gasteiger partial charge in [-0.25, -0.2) is 0 Å². The van der Waals surface area contributed by atoms with E-state index in [1.165, 1.54) is 14.2 Å². The van der Waals surface area contributed by atoms with E-state index in [-0.39, 0.29) is 43.4 Å². The van der Waals surface area contributed by atoms with Crippen molar-refractivity contribution in [1.29, 1.82) is 0 Å². The number of phenols is 1. The summed E-state index contributed by atoms with van der Waals surface area (Å²) in [7, 11) is 2.82. The number of phenolic OH excluding ortho intramolecular Hbond substituents is 1. The molecule has 3 rings (SSSR count). The van der Waals surface area contributed by atoms with E-state index >= 15 is 0 Å². The fraction of sp³-hybridized carbons (Fsp3) is 0.429. The third kappa shape index (κ3) is 11.3. The highest BCUT2D eigenvalue weighted by Crippen LogP contribution is 2.34. The van der Waals surface area contributed by atoms with E-state index in [0.717, 1.165) is 35.3 Å². The van der Waals surface area contributed by atoms with Crippen molar-refractivity contribution in [3.63, 3.8) is 0 Å². The lowest BCUT2D eigenvalue weighted by molar-refractivity contribution is -0.143. The zero-order chi connectivity index (χ0) is 28.9. The van der Waals surface area contributed by atoms with Crippen LogP contribution < -0.4 is 4.74 Å². The van der Waals surface area contributed by atoms with Crippen LogP contribution in [0.25, 0.3) is 0 Å². The summed E-state index contributed by atoms with van der Waals surface area (Å²) < 4.78 is 15.4. The number of carbonyl (C=O) groups excluding carboxylic acids is 2. The monoisotopic (exact) mass is 566 g/mol. The van der Waals surface area contributed by atoms with E-state index in [0.29, 0.717) is 19.4 Å². The molecule has 0 aliphatic heterocycles. The van der Waals surface area contributed by atoms with Crippen LogP contribution in [0.3, 0.4) is 0 Å². The largest absolute Gasteiger partial charge is 0.508 e. The third-order valence-electron chi connectivity index (χ3n) is 7.41. The average Bonchev–Trinajstić information content (AvgIpc) is 2.96. The lowest BCUT2D eigenvalue weighted by Crippen LogP contribution is -2.25. The summed E-state index contributed by atoms with van der Waals surface area (Å²) in [4.78, 5) is 23.1. The SMILES string of the molecule is C.C.CCC(C)(CC(=O)OC)c1cccc(O)c1.CCC(C)(CC(=O)OC)c1cccc(OCc2ccccc2)c1.